The Labute approximate surface area is 209 Å². The van der Waals surface area contributed by atoms with Crippen LogP contribution in [-0.2, 0) is 21.2 Å². The van der Waals surface area contributed by atoms with E-state index in [2.05, 4.69) is 29.2 Å². The van der Waals surface area contributed by atoms with E-state index in [9.17, 15) is 13.2 Å². The minimum Gasteiger partial charge on any atom is -0.496 e. The molecule has 0 bridgehead atoms. The molecule has 0 radical (unpaired) electrons. The molecule has 2 aliphatic heterocycles. The lowest BCUT2D eigenvalue weighted by Crippen LogP contribution is -2.48. The largest absolute Gasteiger partial charge is 0.496 e. The summed E-state index contributed by atoms with van der Waals surface area (Å²) in [6.07, 6.45) is 6.87. The molecular weight excluding hydrogens is 462 g/mol. The summed E-state index contributed by atoms with van der Waals surface area (Å²) < 4.78 is 32.9. The molecule has 2 heterocycles. The SMILES string of the molecule is COc1ccc(S(=O)(=O)N2CCCC2)cc1CCC(=O)N1CCN(C/C=C/c2ccccc2)CC1. The van der Waals surface area contributed by atoms with Gasteiger partial charge in [-0.1, -0.05) is 42.5 Å². The van der Waals surface area contributed by atoms with Gasteiger partial charge < -0.3 is 9.64 Å². The Morgan fingerprint density at radius 2 is 1.69 bits per heavy atom. The topological polar surface area (TPSA) is 70.2 Å². The van der Waals surface area contributed by atoms with E-state index in [0.717, 1.165) is 38.0 Å². The molecule has 35 heavy (non-hydrogen) atoms. The smallest absolute Gasteiger partial charge is 0.243 e. The predicted octanol–water partition coefficient (Wildman–Crippen LogP) is 3.27. The zero-order valence-electron chi connectivity index (χ0n) is 20.4. The van der Waals surface area contributed by atoms with E-state index < -0.39 is 10.0 Å². The maximum Gasteiger partial charge on any atom is 0.243 e. The quantitative estimate of drug-likeness (QED) is 0.532. The molecule has 2 aromatic carbocycles. The normalized spacial score (nSPS) is 17.8. The Kier molecular flexibility index (Phi) is 8.59. The van der Waals surface area contributed by atoms with E-state index in [-0.39, 0.29) is 10.8 Å². The van der Waals surface area contributed by atoms with Crippen molar-refractivity contribution in [3.63, 3.8) is 0 Å². The van der Waals surface area contributed by atoms with Gasteiger partial charge in [-0.3, -0.25) is 9.69 Å². The first-order chi connectivity index (χ1) is 17.0. The summed E-state index contributed by atoms with van der Waals surface area (Å²) in [6, 6.07) is 15.2. The number of aryl methyl sites for hydroxylation is 1. The average molecular weight is 498 g/mol. The van der Waals surface area contributed by atoms with Crippen molar-refractivity contribution >= 4 is 22.0 Å². The van der Waals surface area contributed by atoms with Gasteiger partial charge in [0.2, 0.25) is 15.9 Å². The number of piperazine rings is 1. The van der Waals surface area contributed by atoms with Crippen LogP contribution in [0.3, 0.4) is 0 Å². The number of hydrogen-bond acceptors (Lipinski definition) is 5. The summed E-state index contributed by atoms with van der Waals surface area (Å²) in [5, 5.41) is 0. The third-order valence-corrected chi connectivity index (χ3v) is 8.66. The number of nitrogens with zero attached hydrogens (tertiary/aromatic N) is 3. The van der Waals surface area contributed by atoms with Gasteiger partial charge in [0.1, 0.15) is 5.75 Å². The minimum absolute atomic E-state index is 0.0966. The van der Waals surface area contributed by atoms with Gasteiger partial charge in [0, 0.05) is 52.2 Å². The molecule has 0 atom stereocenters. The highest BCUT2D eigenvalue weighted by molar-refractivity contribution is 7.89. The first-order valence-corrected chi connectivity index (χ1v) is 13.8. The monoisotopic (exact) mass is 497 g/mol. The Balaban J connectivity index is 1.29. The first-order valence-electron chi connectivity index (χ1n) is 12.4. The van der Waals surface area contributed by atoms with Crippen molar-refractivity contribution in [2.24, 2.45) is 0 Å². The number of rotatable bonds is 9. The zero-order chi connectivity index (χ0) is 24.7. The summed E-state index contributed by atoms with van der Waals surface area (Å²) in [7, 11) is -1.94. The number of carbonyl (C=O) groups excluding carboxylic acids is 1. The number of hydrogen-bond donors (Lipinski definition) is 0. The molecule has 0 unspecified atom stereocenters. The second-order valence-corrected chi connectivity index (χ2v) is 11.0. The van der Waals surface area contributed by atoms with E-state index >= 15 is 0 Å². The number of ether oxygens (including phenoxy) is 1. The number of carbonyl (C=O) groups is 1. The van der Waals surface area contributed by atoms with Crippen LogP contribution in [0.15, 0.2) is 59.5 Å². The van der Waals surface area contributed by atoms with Crippen LogP contribution >= 0.6 is 0 Å². The van der Waals surface area contributed by atoms with Gasteiger partial charge in [0.15, 0.2) is 0 Å². The number of benzene rings is 2. The molecule has 2 saturated heterocycles. The lowest BCUT2D eigenvalue weighted by atomic mass is 10.1. The van der Waals surface area contributed by atoms with Crippen LogP contribution in [0.1, 0.15) is 30.4 Å². The zero-order valence-corrected chi connectivity index (χ0v) is 21.3. The van der Waals surface area contributed by atoms with Crippen molar-refractivity contribution in [3.8, 4) is 5.75 Å². The van der Waals surface area contributed by atoms with Crippen LogP contribution in [0.2, 0.25) is 0 Å². The van der Waals surface area contributed by atoms with Crippen molar-refractivity contribution in [2.75, 3.05) is 52.9 Å². The molecule has 0 N–H and O–H groups in total. The van der Waals surface area contributed by atoms with Gasteiger partial charge in [-0.05, 0) is 48.6 Å². The Morgan fingerprint density at radius 1 is 0.971 bits per heavy atom. The molecular formula is C27H35N3O4S. The van der Waals surface area contributed by atoms with Gasteiger partial charge in [0.25, 0.3) is 0 Å². The van der Waals surface area contributed by atoms with E-state index in [1.165, 1.54) is 9.87 Å². The van der Waals surface area contributed by atoms with E-state index in [4.69, 9.17) is 4.74 Å². The molecule has 1 amide bonds. The van der Waals surface area contributed by atoms with Crippen LogP contribution in [-0.4, -0.2) is 81.4 Å². The van der Waals surface area contributed by atoms with Crippen molar-refractivity contribution in [2.45, 2.75) is 30.6 Å². The fourth-order valence-electron chi connectivity index (χ4n) is 4.67. The van der Waals surface area contributed by atoms with E-state index in [1.807, 2.05) is 23.1 Å². The van der Waals surface area contributed by atoms with Crippen molar-refractivity contribution < 1.29 is 17.9 Å². The molecule has 4 rings (SSSR count). The summed E-state index contributed by atoms with van der Waals surface area (Å²) >= 11 is 0. The summed E-state index contributed by atoms with van der Waals surface area (Å²) in [6.45, 7) is 5.10. The highest BCUT2D eigenvalue weighted by Gasteiger charge is 2.28. The summed E-state index contributed by atoms with van der Waals surface area (Å²) in [4.78, 5) is 17.4. The Hall–Kier alpha value is -2.68. The van der Waals surface area contributed by atoms with Crippen molar-refractivity contribution in [1.82, 2.24) is 14.1 Å². The third kappa shape index (κ3) is 6.51. The molecule has 2 aliphatic rings. The maximum absolute atomic E-state index is 13.0. The highest BCUT2D eigenvalue weighted by Crippen LogP contribution is 2.27. The van der Waals surface area contributed by atoms with Crippen LogP contribution in [0, 0.1) is 0 Å². The number of amides is 1. The molecule has 0 aromatic heterocycles. The van der Waals surface area contributed by atoms with Crippen LogP contribution in [0.4, 0.5) is 0 Å². The van der Waals surface area contributed by atoms with Gasteiger partial charge >= 0.3 is 0 Å². The molecule has 7 nitrogen and oxygen atoms in total. The van der Waals surface area contributed by atoms with Gasteiger partial charge in [-0.15, -0.1) is 0 Å². The third-order valence-electron chi connectivity index (χ3n) is 6.76. The minimum atomic E-state index is -3.51. The van der Waals surface area contributed by atoms with Crippen LogP contribution in [0.5, 0.6) is 5.75 Å². The lowest BCUT2D eigenvalue weighted by molar-refractivity contribution is -0.132. The lowest BCUT2D eigenvalue weighted by Gasteiger charge is -2.34. The molecule has 2 fully saturated rings. The van der Waals surface area contributed by atoms with Crippen LogP contribution in [0.25, 0.3) is 6.08 Å². The first kappa shape index (κ1) is 25.4. The van der Waals surface area contributed by atoms with Crippen molar-refractivity contribution in [1.29, 1.82) is 0 Å². The average Bonchev–Trinajstić information content (AvgIpc) is 3.44. The summed E-state index contributed by atoms with van der Waals surface area (Å²) in [5.74, 6) is 0.715. The number of methoxy groups -OCH3 is 1. The molecule has 0 aliphatic carbocycles. The molecule has 2 aromatic rings. The van der Waals surface area contributed by atoms with Gasteiger partial charge in [-0.25, -0.2) is 8.42 Å². The molecule has 8 heteroatoms. The Morgan fingerprint density at radius 3 is 2.37 bits per heavy atom. The van der Waals surface area contributed by atoms with Crippen molar-refractivity contribution in [3.05, 3.63) is 65.7 Å². The summed E-state index contributed by atoms with van der Waals surface area (Å²) in [5.41, 5.74) is 1.94. The van der Waals surface area contributed by atoms with Gasteiger partial charge in [-0.2, -0.15) is 4.31 Å². The predicted molar refractivity (Wildman–Crippen MR) is 138 cm³/mol. The van der Waals surface area contributed by atoms with Gasteiger partial charge in [0.05, 0.1) is 12.0 Å². The second-order valence-electron chi connectivity index (χ2n) is 9.08. The molecule has 188 valence electrons. The fourth-order valence-corrected chi connectivity index (χ4v) is 6.24. The fraction of sp³-hybridized carbons (Fsp3) is 0.444. The van der Waals surface area contributed by atoms with E-state index in [0.29, 0.717) is 44.8 Å². The van der Waals surface area contributed by atoms with Crippen LogP contribution < -0.4 is 4.74 Å². The molecule has 0 spiro atoms. The maximum atomic E-state index is 13.0. The highest BCUT2D eigenvalue weighted by atomic mass is 32.2. The number of sulfonamides is 1. The molecule has 0 saturated carbocycles. The Bertz CT molecular complexity index is 1120. The van der Waals surface area contributed by atoms with E-state index in [1.54, 1.807) is 25.3 Å². The standard InChI is InChI=1S/C27H35N3O4S/c1-34-26-13-12-25(35(32,33)30-16-5-6-17-30)22-24(26)11-14-27(31)29-20-18-28(19-21-29)15-7-10-23-8-3-2-4-9-23/h2-4,7-10,12-13,22H,5-6,11,14-21H2,1H3/b10-7+. The second kappa shape index (κ2) is 11.8.